The Kier molecular flexibility index (Phi) is 5.75. The van der Waals surface area contributed by atoms with Gasteiger partial charge in [0.15, 0.2) is 11.5 Å². The standard InChI is InChI=1S/C19H22N2O6/c1-4-5-9-15-20-16-13(7-6-8-14(16)27-15)21-11-26-10-12(18(22)24-2)17(21)19(23)25-3/h6-8H,4-5,9-11H2,1-3H3. The second kappa shape index (κ2) is 8.22. The number of benzene rings is 1. The fourth-order valence-electron chi connectivity index (χ4n) is 2.97. The number of methoxy groups -OCH3 is 2. The van der Waals surface area contributed by atoms with E-state index in [4.69, 9.17) is 18.6 Å². The Morgan fingerprint density at radius 2 is 2.00 bits per heavy atom. The van der Waals surface area contributed by atoms with Crippen LogP contribution >= 0.6 is 0 Å². The number of hydrogen-bond acceptors (Lipinski definition) is 8. The normalized spacial score (nSPS) is 14.6. The molecule has 2 aromatic rings. The van der Waals surface area contributed by atoms with Crippen molar-refractivity contribution in [1.82, 2.24) is 4.98 Å². The lowest BCUT2D eigenvalue weighted by Crippen LogP contribution is -2.38. The lowest BCUT2D eigenvalue weighted by atomic mass is 10.1. The molecule has 1 aromatic carbocycles. The summed E-state index contributed by atoms with van der Waals surface area (Å²) in [7, 11) is 2.51. The van der Waals surface area contributed by atoms with Crippen molar-refractivity contribution in [3.63, 3.8) is 0 Å². The van der Waals surface area contributed by atoms with Crippen molar-refractivity contribution in [1.29, 1.82) is 0 Å². The van der Waals surface area contributed by atoms with Crippen LogP contribution in [-0.4, -0.2) is 44.5 Å². The molecule has 8 nitrogen and oxygen atoms in total. The molecule has 0 bridgehead atoms. The molecule has 1 aromatic heterocycles. The summed E-state index contributed by atoms with van der Waals surface area (Å²) in [6, 6.07) is 5.41. The van der Waals surface area contributed by atoms with Gasteiger partial charge in [0.05, 0.1) is 32.1 Å². The quantitative estimate of drug-likeness (QED) is 0.713. The molecule has 0 aliphatic carbocycles. The van der Waals surface area contributed by atoms with E-state index < -0.39 is 11.9 Å². The molecule has 0 radical (unpaired) electrons. The van der Waals surface area contributed by atoms with E-state index in [0.717, 1.165) is 19.3 Å². The largest absolute Gasteiger partial charge is 0.466 e. The number of carbonyl (C=O) groups excluding carboxylic acids is 2. The highest BCUT2D eigenvalue weighted by Crippen LogP contribution is 2.33. The number of rotatable bonds is 6. The van der Waals surface area contributed by atoms with Crippen LogP contribution in [-0.2, 0) is 30.2 Å². The van der Waals surface area contributed by atoms with Crippen molar-refractivity contribution in [2.24, 2.45) is 0 Å². The highest BCUT2D eigenvalue weighted by molar-refractivity contribution is 6.05. The first kappa shape index (κ1) is 18.9. The van der Waals surface area contributed by atoms with E-state index in [2.05, 4.69) is 11.9 Å². The van der Waals surface area contributed by atoms with Crippen LogP contribution in [0, 0.1) is 0 Å². The molecule has 0 fully saturated rings. The minimum atomic E-state index is -0.648. The Labute approximate surface area is 156 Å². The molecule has 0 spiro atoms. The van der Waals surface area contributed by atoms with E-state index >= 15 is 0 Å². The zero-order chi connectivity index (χ0) is 19.4. The monoisotopic (exact) mass is 374 g/mol. The number of hydrogen-bond donors (Lipinski definition) is 0. The predicted octanol–water partition coefficient (Wildman–Crippen LogP) is 2.56. The van der Waals surface area contributed by atoms with Gasteiger partial charge in [-0.1, -0.05) is 19.4 Å². The highest BCUT2D eigenvalue weighted by Gasteiger charge is 2.33. The maximum absolute atomic E-state index is 12.4. The molecule has 1 aliphatic rings. The molecule has 0 saturated carbocycles. The van der Waals surface area contributed by atoms with Gasteiger partial charge < -0.3 is 23.5 Å². The second-order valence-electron chi connectivity index (χ2n) is 6.05. The Balaban J connectivity index is 2.11. The third kappa shape index (κ3) is 3.66. The van der Waals surface area contributed by atoms with Gasteiger partial charge in [-0.2, -0.15) is 0 Å². The smallest absolute Gasteiger partial charge is 0.355 e. The molecule has 8 heteroatoms. The van der Waals surface area contributed by atoms with Gasteiger partial charge in [0.25, 0.3) is 0 Å². The molecule has 0 saturated heterocycles. The maximum Gasteiger partial charge on any atom is 0.355 e. The number of fused-ring (bicyclic) bond motifs is 1. The molecule has 0 amide bonds. The van der Waals surface area contributed by atoms with Crippen LogP contribution in [0.5, 0.6) is 0 Å². The molecule has 0 unspecified atom stereocenters. The van der Waals surface area contributed by atoms with E-state index in [1.807, 2.05) is 6.07 Å². The van der Waals surface area contributed by atoms with E-state index in [1.165, 1.54) is 14.2 Å². The summed E-state index contributed by atoms with van der Waals surface area (Å²) in [6.07, 6.45) is 2.73. The zero-order valence-electron chi connectivity index (χ0n) is 15.6. The number of anilines is 1. The highest BCUT2D eigenvalue weighted by atomic mass is 16.5. The number of carbonyl (C=O) groups is 2. The first-order valence-electron chi connectivity index (χ1n) is 8.74. The van der Waals surface area contributed by atoms with Gasteiger partial charge in [-0.3, -0.25) is 0 Å². The van der Waals surface area contributed by atoms with Crippen molar-refractivity contribution >= 4 is 28.7 Å². The number of oxazole rings is 1. The fourth-order valence-corrected chi connectivity index (χ4v) is 2.97. The van der Waals surface area contributed by atoms with Crippen molar-refractivity contribution in [3.8, 4) is 0 Å². The first-order chi connectivity index (χ1) is 13.1. The molecule has 27 heavy (non-hydrogen) atoms. The summed E-state index contributed by atoms with van der Waals surface area (Å²) in [4.78, 5) is 30.7. The number of aryl methyl sites for hydroxylation is 1. The predicted molar refractivity (Wildman–Crippen MR) is 97.0 cm³/mol. The third-order valence-corrected chi connectivity index (χ3v) is 4.31. The Morgan fingerprint density at radius 1 is 1.22 bits per heavy atom. The molecule has 1 aliphatic heterocycles. The van der Waals surface area contributed by atoms with Crippen LogP contribution in [0.2, 0.25) is 0 Å². The van der Waals surface area contributed by atoms with Crippen LogP contribution in [0.25, 0.3) is 11.1 Å². The summed E-state index contributed by atoms with van der Waals surface area (Å²) in [5.41, 5.74) is 1.98. The van der Waals surface area contributed by atoms with Crippen LogP contribution in [0.4, 0.5) is 5.69 Å². The van der Waals surface area contributed by atoms with Gasteiger partial charge in [-0.25, -0.2) is 14.6 Å². The summed E-state index contributed by atoms with van der Waals surface area (Å²) >= 11 is 0. The number of para-hydroxylation sites is 1. The Morgan fingerprint density at radius 3 is 2.70 bits per heavy atom. The van der Waals surface area contributed by atoms with Crippen LogP contribution in [0.3, 0.4) is 0 Å². The van der Waals surface area contributed by atoms with Gasteiger partial charge in [-0.05, 0) is 18.6 Å². The molecule has 0 N–H and O–H groups in total. The number of nitrogens with zero attached hydrogens (tertiary/aromatic N) is 2. The van der Waals surface area contributed by atoms with Crippen LogP contribution in [0.1, 0.15) is 25.7 Å². The summed E-state index contributed by atoms with van der Waals surface area (Å²) in [5, 5.41) is 0. The van der Waals surface area contributed by atoms with Crippen molar-refractivity contribution in [2.75, 3.05) is 32.5 Å². The first-order valence-corrected chi connectivity index (χ1v) is 8.74. The minimum absolute atomic E-state index is 0.0376. The lowest BCUT2D eigenvalue weighted by molar-refractivity contribution is -0.140. The molecule has 0 atom stereocenters. The summed E-state index contributed by atoms with van der Waals surface area (Å²) < 4.78 is 21.0. The van der Waals surface area contributed by atoms with Gasteiger partial charge >= 0.3 is 11.9 Å². The number of ether oxygens (including phenoxy) is 3. The fraction of sp³-hybridized carbons (Fsp3) is 0.421. The van der Waals surface area contributed by atoms with Crippen LogP contribution in [0.15, 0.2) is 33.9 Å². The Hall–Kier alpha value is -2.87. The molecular formula is C19H22N2O6. The van der Waals surface area contributed by atoms with Gasteiger partial charge in [0.2, 0.25) is 0 Å². The maximum atomic E-state index is 12.4. The topological polar surface area (TPSA) is 91.1 Å². The SMILES string of the molecule is CCCCc1nc2c(N3COCC(C(=O)OC)=C3C(=O)OC)cccc2o1. The molecule has 2 heterocycles. The lowest BCUT2D eigenvalue weighted by Gasteiger charge is -2.31. The average molecular weight is 374 g/mol. The van der Waals surface area contributed by atoms with E-state index in [0.29, 0.717) is 22.7 Å². The zero-order valence-corrected chi connectivity index (χ0v) is 15.6. The van der Waals surface area contributed by atoms with E-state index in [-0.39, 0.29) is 24.6 Å². The molecule has 144 valence electrons. The Bertz CT molecular complexity index is 885. The number of unbranched alkanes of at least 4 members (excludes halogenated alkanes) is 1. The van der Waals surface area contributed by atoms with Crippen molar-refractivity contribution in [3.05, 3.63) is 35.4 Å². The van der Waals surface area contributed by atoms with E-state index in [1.54, 1.807) is 17.0 Å². The number of esters is 2. The van der Waals surface area contributed by atoms with Crippen molar-refractivity contribution in [2.45, 2.75) is 26.2 Å². The molecular weight excluding hydrogens is 352 g/mol. The van der Waals surface area contributed by atoms with Crippen molar-refractivity contribution < 1.29 is 28.2 Å². The summed E-state index contributed by atoms with van der Waals surface area (Å²) in [5.74, 6) is -0.657. The third-order valence-electron chi connectivity index (χ3n) is 4.31. The number of aromatic nitrogens is 1. The van der Waals surface area contributed by atoms with Crippen LogP contribution < -0.4 is 4.90 Å². The summed E-state index contributed by atoms with van der Waals surface area (Å²) in [6.45, 7) is 2.13. The van der Waals surface area contributed by atoms with Gasteiger partial charge in [-0.15, -0.1) is 0 Å². The molecule has 3 rings (SSSR count). The second-order valence-corrected chi connectivity index (χ2v) is 6.05. The minimum Gasteiger partial charge on any atom is -0.466 e. The van der Waals surface area contributed by atoms with Gasteiger partial charge in [0, 0.05) is 6.42 Å². The van der Waals surface area contributed by atoms with E-state index in [9.17, 15) is 9.59 Å². The average Bonchev–Trinajstić information content (AvgIpc) is 3.13. The van der Waals surface area contributed by atoms with Gasteiger partial charge in [0.1, 0.15) is 17.9 Å².